The zero-order valence-electron chi connectivity index (χ0n) is 10.2. The maximum atomic E-state index is 12.0. The van der Waals surface area contributed by atoms with Crippen molar-refractivity contribution in [1.29, 1.82) is 0 Å². The van der Waals surface area contributed by atoms with Crippen molar-refractivity contribution in [1.82, 2.24) is 15.1 Å². The van der Waals surface area contributed by atoms with Gasteiger partial charge in [0.15, 0.2) is 5.69 Å². The predicted molar refractivity (Wildman–Crippen MR) is 64.9 cm³/mol. The van der Waals surface area contributed by atoms with Gasteiger partial charge in [-0.05, 0) is 25.5 Å². The van der Waals surface area contributed by atoms with Gasteiger partial charge in [0.1, 0.15) is 5.82 Å². The third-order valence-electron chi connectivity index (χ3n) is 2.39. The van der Waals surface area contributed by atoms with E-state index < -0.39 is 0 Å². The topological polar surface area (TPSA) is 78.4 Å². The van der Waals surface area contributed by atoms with Crippen LogP contribution in [0.25, 0.3) is 0 Å². The van der Waals surface area contributed by atoms with Crippen LogP contribution >= 0.6 is 0 Å². The summed E-state index contributed by atoms with van der Waals surface area (Å²) in [7, 11) is 1.74. The van der Waals surface area contributed by atoms with Gasteiger partial charge in [0.2, 0.25) is 0 Å². The number of anilines is 1. The average Bonchev–Trinajstić information content (AvgIpc) is 2.39. The Bertz CT molecular complexity index is 353. The highest BCUT2D eigenvalue weighted by Crippen LogP contribution is 2.05. The first-order valence-corrected chi connectivity index (χ1v) is 5.64. The van der Waals surface area contributed by atoms with Gasteiger partial charge in [-0.3, -0.25) is 4.79 Å². The lowest BCUT2D eigenvalue weighted by Crippen LogP contribution is -2.33. The molecule has 0 radical (unpaired) electrons. The average molecular weight is 238 g/mol. The van der Waals surface area contributed by atoms with E-state index in [4.69, 9.17) is 5.11 Å². The number of aliphatic hydroxyl groups excluding tert-OH is 1. The lowest BCUT2D eigenvalue weighted by molar-refractivity contribution is 0.0747. The van der Waals surface area contributed by atoms with Gasteiger partial charge in [0.05, 0.1) is 0 Å². The summed E-state index contributed by atoms with van der Waals surface area (Å²) in [6, 6.07) is 3.35. The van der Waals surface area contributed by atoms with Crippen molar-refractivity contribution in [3.63, 3.8) is 0 Å². The second-order valence-electron chi connectivity index (χ2n) is 3.52. The third-order valence-corrected chi connectivity index (χ3v) is 2.39. The SMILES string of the molecule is CCN(CCCO)C(=O)c1ccc(NC)nn1. The fraction of sp³-hybridized carbons (Fsp3) is 0.545. The molecule has 0 aromatic carbocycles. The van der Waals surface area contributed by atoms with Crippen LogP contribution in [0.5, 0.6) is 0 Å². The van der Waals surface area contributed by atoms with Gasteiger partial charge in [-0.25, -0.2) is 0 Å². The summed E-state index contributed by atoms with van der Waals surface area (Å²) in [4.78, 5) is 13.6. The summed E-state index contributed by atoms with van der Waals surface area (Å²) in [6.45, 7) is 3.09. The largest absolute Gasteiger partial charge is 0.396 e. The minimum atomic E-state index is -0.156. The predicted octanol–water partition coefficient (Wildman–Crippen LogP) is 0.363. The Kier molecular flexibility index (Phi) is 5.35. The van der Waals surface area contributed by atoms with E-state index in [9.17, 15) is 4.79 Å². The molecule has 0 aliphatic carbocycles. The summed E-state index contributed by atoms with van der Waals surface area (Å²) in [5.41, 5.74) is 0.323. The maximum Gasteiger partial charge on any atom is 0.274 e. The normalized spacial score (nSPS) is 10.1. The van der Waals surface area contributed by atoms with Gasteiger partial charge in [0, 0.05) is 26.7 Å². The van der Waals surface area contributed by atoms with Crippen LogP contribution in [0.1, 0.15) is 23.8 Å². The standard InChI is InChI=1S/C11H18N4O2/c1-3-15(7-4-8-16)11(17)9-5-6-10(12-2)14-13-9/h5-6,16H,3-4,7-8H2,1-2H3,(H,12,14). The van der Waals surface area contributed by atoms with E-state index in [0.29, 0.717) is 31.0 Å². The number of hydrogen-bond donors (Lipinski definition) is 2. The molecule has 6 heteroatoms. The molecule has 1 heterocycles. The molecule has 0 aliphatic rings. The lowest BCUT2D eigenvalue weighted by Gasteiger charge is -2.19. The molecular weight excluding hydrogens is 220 g/mol. The number of carbonyl (C=O) groups is 1. The van der Waals surface area contributed by atoms with Gasteiger partial charge in [-0.15, -0.1) is 10.2 Å². The van der Waals surface area contributed by atoms with Crippen LogP contribution < -0.4 is 5.32 Å². The summed E-state index contributed by atoms with van der Waals surface area (Å²) in [5.74, 6) is 0.469. The molecule has 1 rings (SSSR count). The quantitative estimate of drug-likeness (QED) is 0.748. The van der Waals surface area contributed by atoms with E-state index in [1.165, 1.54) is 0 Å². The van der Waals surface area contributed by atoms with E-state index in [0.717, 1.165) is 0 Å². The van der Waals surface area contributed by atoms with Crippen LogP contribution in [0.4, 0.5) is 5.82 Å². The molecule has 0 spiro atoms. The molecule has 2 N–H and O–H groups in total. The molecule has 17 heavy (non-hydrogen) atoms. The Balaban J connectivity index is 2.71. The van der Waals surface area contributed by atoms with Crippen LogP contribution in [0.2, 0.25) is 0 Å². The van der Waals surface area contributed by atoms with Crippen LogP contribution in [0, 0.1) is 0 Å². The second-order valence-corrected chi connectivity index (χ2v) is 3.52. The molecular formula is C11H18N4O2. The van der Waals surface area contributed by atoms with Crippen LogP contribution in [0.15, 0.2) is 12.1 Å². The van der Waals surface area contributed by atoms with Gasteiger partial charge < -0.3 is 15.3 Å². The van der Waals surface area contributed by atoms with E-state index in [2.05, 4.69) is 15.5 Å². The number of hydrogen-bond acceptors (Lipinski definition) is 5. The fourth-order valence-electron chi connectivity index (χ4n) is 1.41. The first kappa shape index (κ1) is 13.4. The molecule has 94 valence electrons. The zero-order valence-corrected chi connectivity index (χ0v) is 10.2. The van der Waals surface area contributed by atoms with Crippen molar-refractivity contribution in [3.8, 4) is 0 Å². The lowest BCUT2D eigenvalue weighted by atomic mass is 10.3. The fourth-order valence-corrected chi connectivity index (χ4v) is 1.41. The van der Waals surface area contributed by atoms with Crippen molar-refractivity contribution >= 4 is 11.7 Å². The third kappa shape index (κ3) is 3.67. The number of rotatable bonds is 6. The van der Waals surface area contributed by atoms with Crippen molar-refractivity contribution < 1.29 is 9.90 Å². The highest BCUT2D eigenvalue weighted by molar-refractivity contribution is 5.92. The van der Waals surface area contributed by atoms with Crippen LogP contribution in [-0.2, 0) is 0 Å². The Morgan fingerprint density at radius 1 is 1.47 bits per heavy atom. The second kappa shape index (κ2) is 6.80. The number of carbonyl (C=O) groups excluding carboxylic acids is 1. The highest BCUT2D eigenvalue weighted by atomic mass is 16.3. The number of amides is 1. The molecule has 0 unspecified atom stereocenters. The number of aromatic nitrogens is 2. The Morgan fingerprint density at radius 2 is 2.24 bits per heavy atom. The van der Waals surface area contributed by atoms with Gasteiger partial charge in [0.25, 0.3) is 5.91 Å². The van der Waals surface area contributed by atoms with Gasteiger partial charge in [-0.1, -0.05) is 0 Å². The number of nitrogens with zero attached hydrogens (tertiary/aromatic N) is 3. The van der Waals surface area contributed by atoms with Crippen molar-refractivity contribution in [3.05, 3.63) is 17.8 Å². The monoisotopic (exact) mass is 238 g/mol. The molecule has 0 saturated heterocycles. The molecule has 0 bridgehead atoms. The van der Waals surface area contributed by atoms with Crippen molar-refractivity contribution in [2.45, 2.75) is 13.3 Å². The van der Waals surface area contributed by atoms with Crippen LogP contribution in [0.3, 0.4) is 0 Å². The van der Waals surface area contributed by atoms with Crippen LogP contribution in [-0.4, -0.2) is 52.9 Å². The first-order valence-electron chi connectivity index (χ1n) is 5.64. The highest BCUT2D eigenvalue weighted by Gasteiger charge is 2.15. The summed E-state index contributed by atoms with van der Waals surface area (Å²) in [5, 5.41) is 19.3. The van der Waals surface area contributed by atoms with Crippen molar-refractivity contribution in [2.24, 2.45) is 0 Å². The molecule has 1 aromatic heterocycles. The number of aliphatic hydroxyl groups is 1. The van der Waals surface area contributed by atoms with Crippen molar-refractivity contribution in [2.75, 3.05) is 32.1 Å². The van der Waals surface area contributed by atoms with E-state index in [-0.39, 0.29) is 12.5 Å². The molecule has 0 aliphatic heterocycles. The van der Waals surface area contributed by atoms with E-state index in [1.807, 2.05) is 6.92 Å². The smallest absolute Gasteiger partial charge is 0.274 e. The minimum Gasteiger partial charge on any atom is -0.396 e. The maximum absolute atomic E-state index is 12.0. The number of nitrogens with one attached hydrogen (secondary N) is 1. The van der Waals surface area contributed by atoms with Gasteiger partial charge in [-0.2, -0.15) is 0 Å². The minimum absolute atomic E-state index is 0.0775. The van der Waals surface area contributed by atoms with E-state index in [1.54, 1.807) is 24.1 Å². The molecule has 6 nitrogen and oxygen atoms in total. The Hall–Kier alpha value is -1.69. The zero-order chi connectivity index (χ0) is 12.7. The summed E-state index contributed by atoms with van der Waals surface area (Å²) in [6.07, 6.45) is 0.571. The summed E-state index contributed by atoms with van der Waals surface area (Å²) >= 11 is 0. The molecule has 1 aromatic rings. The Labute approximate surface area is 101 Å². The molecule has 1 amide bonds. The molecule has 0 atom stereocenters. The van der Waals surface area contributed by atoms with E-state index >= 15 is 0 Å². The summed E-state index contributed by atoms with van der Waals surface area (Å²) < 4.78 is 0. The molecule has 0 saturated carbocycles. The first-order chi connectivity index (χ1) is 8.22. The Morgan fingerprint density at radius 3 is 2.71 bits per heavy atom. The molecule has 0 fully saturated rings. The van der Waals surface area contributed by atoms with Gasteiger partial charge >= 0.3 is 0 Å².